The Morgan fingerprint density at radius 1 is 0.967 bits per heavy atom. The Morgan fingerprint density at radius 2 is 1.68 bits per heavy atom. The van der Waals surface area contributed by atoms with Crippen LogP contribution in [0.2, 0.25) is 0 Å². The number of aromatic nitrogens is 2. The van der Waals surface area contributed by atoms with Gasteiger partial charge in [-0.2, -0.15) is 0 Å². The molecule has 0 spiro atoms. The monoisotopic (exact) mass is 884 g/mol. The van der Waals surface area contributed by atoms with E-state index in [0.717, 1.165) is 29.0 Å². The number of aromatic amines is 1. The van der Waals surface area contributed by atoms with Gasteiger partial charge in [-0.25, -0.2) is 14.2 Å². The molecule has 4 rings (SSSR count). The van der Waals surface area contributed by atoms with Crippen molar-refractivity contribution in [2.24, 2.45) is 0 Å². The smallest absolute Gasteiger partial charge is 0.437 e. The van der Waals surface area contributed by atoms with Crippen molar-refractivity contribution in [2.45, 2.75) is 109 Å². The molecule has 7 N–H and O–H groups in total. The Morgan fingerprint density at radius 3 is 2.38 bits per heavy atom. The highest BCUT2D eigenvalue weighted by Crippen LogP contribution is 2.48. The Labute approximate surface area is 350 Å². The van der Waals surface area contributed by atoms with Crippen molar-refractivity contribution in [1.82, 2.24) is 20.2 Å². The van der Waals surface area contributed by atoms with Crippen molar-refractivity contribution in [1.29, 1.82) is 0 Å². The van der Waals surface area contributed by atoms with Crippen LogP contribution in [0.25, 0.3) is 5.88 Å². The number of rotatable bonds is 24. The van der Waals surface area contributed by atoms with E-state index in [2.05, 4.69) is 15.6 Å². The number of hydrogen-bond donors (Lipinski definition) is 7. The maximum absolute atomic E-state index is 12.8. The summed E-state index contributed by atoms with van der Waals surface area (Å²) in [6.45, 7) is -3.14. The van der Waals surface area contributed by atoms with E-state index >= 15 is 0 Å². The minimum atomic E-state index is -3.87. The number of carbonyl (C=O) groups is 3. The number of nitrogens with one attached hydrogen (secondary N) is 3. The number of H-pyrrole nitrogens is 1. The zero-order valence-electron chi connectivity index (χ0n) is 33.3. The standard InChI is InChI=1S/C38H53N4O16PS/c1-24(44)40-31-33(48)32(47)27(21-43)57-36(31)53-20-12-10-16-29(45)39-18-11-5-3-4-9-15-26-34(58-59(51,60)52-2)28(56-35(26)42-19-17-30(46)41-37(42)49)23-55-38(50)54-22-25-13-7-6-8-14-25/h6-8,13-14,17,19,27,31-33,36,43,47-48H,3-5,9-12,15-16,18,20-23H2,1-2H3,(H,39,45)(H,40,44)(H,51,60)(H,41,46,49)/t27-,31-,32+,33-,36-,59?/m1/s1. The Balaban J connectivity index is 1.25. The van der Waals surface area contributed by atoms with E-state index in [-0.39, 0.29) is 49.4 Å². The van der Waals surface area contributed by atoms with Gasteiger partial charge in [0.15, 0.2) is 24.4 Å². The number of aliphatic hydroxyl groups is 3. The van der Waals surface area contributed by atoms with Crippen LogP contribution in [0.5, 0.6) is 5.75 Å². The molecule has 1 aromatic carbocycles. The highest BCUT2D eigenvalue weighted by atomic mass is 32.5. The van der Waals surface area contributed by atoms with Gasteiger partial charge in [0.25, 0.3) is 5.56 Å². The molecule has 60 heavy (non-hydrogen) atoms. The molecule has 0 bridgehead atoms. The first-order valence-corrected chi connectivity index (χ1v) is 22.0. The van der Waals surface area contributed by atoms with Gasteiger partial charge in [0, 0.05) is 57.7 Å². The highest BCUT2D eigenvalue weighted by Gasteiger charge is 2.45. The second-order valence-corrected chi connectivity index (χ2v) is 16.7. The third-order valence-corrected chi connectivity index (χ3v) is 10.8. The van der Waals surface area contributed by atoms with E-state index in [1.807, 2.05) is 6.07 Å². The summed E-state index contributed by atoms with van der Waals surface area (Å²) < 4.78 is 39.4. The molecule has 20 nitrogen and oxygen atoms in total. The molecule has 332 valence electrons. The molecule has 3 aromatic rings. The molecule has 6 atom stereocenters. The number of amides is 2. The number of carbonyl (C=O) groups excluding carboxylic acids is 3. The zero-order chi connectivity index (χ0) is 43.7. The molecule has 1 unspecified atom stereocenters. The molecule has 0 radical (unpaired) electrons. The maximum Gasteiger partial charge on any atom is 0.509 e. The van der Waals surface area contributed by atoms with Gasteiger partial charge < -0.3 is 63.3 Å². The molecular weight excluding hydrogens is 831 g/mol. The van der Waals surface area contributed by atoms with Gasteiger partial charge >= 0.3 is 18.6 Å². The minimum absolute atomic E-state index is 0.0478. The van der Waals surface area contributed by atoms with Crippen LogP contribution < -0.4 is 26.4 Å². The molecule has 1 saturated heterocycles. The topological polar surface area (TPSA) is 280 Å². The van der Waals surface area contributed by atoms with Crippen LogP contribution in [-0.4, -0.2) is 105 Å². The predicted octanol–water partition coefficient (Wildman–Crippen LogP) is 1.95. The fourth-order valence-corrected chi connectivity index (χ4v) is 6.93. The van der Waals surface area contributed by atoms with Crippen molar-refractivity contribution in [3.63, 3.8) is 0 Å². The summed E-state index contributed by atoms with van der Waals surface area (Å²) >= 11 is 5.11. The average molecular weight is 885 g/mol. The first-order valence-electron chi connectivity index (χ1n) is 19.4. The molecule has 0 aliphatic carbocycles. The summed E-state index contributed by atoms with van der Waals surface area (Å²) in [5.41, 5.74) is -0.405. The van der Waals surface area contributed by atoms with Gasteiger partial charge in [-0.1, -0.05) is 49.6 Å². The molecule has 2 aromatic heterocycles. The number of benzene rings is 1. The van der Waals surface area contributed by atoms with Gasteiger partial charge in [0.2, 0.25) is 17.7 Å². The van der Waals surface area contributed by atoms with E-state index in [0.29, 0.717) is 44.2 Å². The number of ether oxygens (including phenoxy) is 4. The van der Waals surface area contributed by atoms with Crippen molar-refractivity contribution < 1.29 is 67.0 Å². The fraction of sp³-hybridized carbons (Fsp3) is 0.553. The normalized spacial score (nSPS) is 19.9. The van der Waals surface area contributed by atoms with E-state index in [1.165, 1.54) is 20.2 Å². The lowest BCUT2D eigenvalue weighted by Crippen LogP contribution is -2.64. The van der Waals surface area contributed by atoms with Crippen LogP contribution in [0, 0.1) is 0 Å². The number of furan rings is 1. The summed E-state index contributed by atoms with van der Waals surface area (Å²) in [4.78, 5) is 73.9. The fourth-order valence-electron chi connectivity index (χ4n) is 6.19. The summed E-state index contributed by atoms with van der Waals surface area (Å²) in [6.07, 6.45) is 0.178. The second kappa shape index (κ2) is 24.1. The van der Waals surface area contributed by atoms with Crippen LogP contribution >= 0.6 is 6.72 Å². The molecule has 2 amide bonds. The van der Waals surface area contributed by atoms with Crippen LogP contribution in [0.1, 0.15) is 75.2 Å². The molecule has 1 fully saturated rings. The third kappa shape index (κ3) is 14.9. The quantitative estimate of drug-likeness (QED) is 0.0385. The minimum Gasteiger partial charge on any atom is -0.437 e. The lowest BCUT2D eigenvalue weighted by molar-refractivity contribution is -0.270. The number of aliphatic hydroxyl groups excluding tert-OH is 3. The molecule has 1 aliphatic rings. The Kier molecular flexibility index (Phi) is 19.4. The van der Waals surface area contributed by atoms with E-state index in [9.17, 15) is 44.2 Å². The van der Waals surface area contributed by atoms with E-state index in [1.54, 1.807) is 24.3 Å². The number of hydrogen-bond acceptors (Lipinski definition) is 16. The van der Waals surface area contributed by atoms with Crippen LogP contribution in [-0.2, 0) is 64.5 Å². The first-order chi connectivity index (χ1) is 28.7. The second-order valence-electron chi connectivity index (χ2n) is 13.8. The van der Waals surface area contributed by atoms with Gasteiger partial charge in [0.1, 0.15) is 31.0 Å². The summed E-state index contributed by atoms with van der Waals surface area (Å²) in [5.74, 6) is -0.812. The average Bonchev–Trinajstić information content (AvgIpc) is 3.54. The Bertz CT molecular complexity index is 2010. The highest BCUT2D eigenvalue weighted by molar-refractivity contribution is 8.07. The van der Waals surface area contributed by atoms with Crippen LogP contribution in [0.3, 0.4) is 0 Å². The lowest BCUT2D eigenvalue weighted by Gasteiger charge is -2.42. The summed E-state index contributed by atoms with van der Waals surface area (Å²) in [7, 11) is 1.17. The van der Waals surface area contributed by atoms with Crippen LogP contribution in [0.15, 0.2) is 56.6 Å². The van der Waals surface area contributed by atoms with Crippen molar-refractivity contribution >= 4 is 36.5 Å². The molecule has 22 heteroatoms. The lowest BCUT2D eigenvalue weighted by atomic mass is 9.97. The van der Waals surface area contributed by atoms with Crippen molar-refractivity contribution in [2.75, 3.05) is 26.9 Å². The summed E-state index contributed by atoms with van der Waals surface area (Å²) in [5, 5.41) is 35.4. The molecule has 0 saturated carbocycles. The number of unbranched alkanes of at least 4 members (excludes halogenated alkanes) is 5. The summed E-state index contributed by atoms with van der Waals surface area (Å²) in [6, 6.07) is 9.02. The molecule has 1 aliphatic heterocycles. The van der Waals surface area contributed by atoms with Gasteiger partial charge in [-0.15, -0.1) is 0 Å². The predicted molar refractivity (Wildman–Crippen MR) is 215 cm³/mol. The third-order valence-electron chi connectivity index (χ3n) is 9.26. The van der Waals surface area contributed by atoms with Gasteiger partial charge in [0.05, 0.1) is 12.2 Å². The maximum atomic E-state index is 12.8. The van der Waals surface area contributed by atoms with Crippen molar-refractivity contribution in [3.8, 4) is 11.6 Å². The van der Waals surface area contributed by atoms with Crippen molar-refractivity contribution in [3.05, 3.63) is 80.3 Å². The van der Waals surface area contributed by atoms with Gasteiger partial charge in [-0.3, -0.25) is 19.4 Å². The van der Waals surface area contributed by atoms with Crippen LogP contribution in [0.4, 0.5) is 4.79 Å². The molecular formula is C38H53N4O16PS. The SMILES string of the molecule is COP(O)(=S)Oc1c(COC(=O)OCc2ccccc2)oc(-n2ccc(=O)[nH]c2=O)c1CCCCCCCNC(=O)CCCCO[C@@H]1O[C@H](CO)[C@H](O)[C@H](O)[C@H]1NC(C)=O. The Hall–Kier alpha value is -4.44. The van der Waals surface area contributed by atoms with E-state index in [4.69, 9.17) is 44.2 Å². The zero-order valence-corrected chi connectivity index (χ0v) is 35.0. The largest absolute Gasteiger partial charge is 0.509 e. The van der Waals surface area contributed by atoms with E-state index < -0.39 is 73.9 Å². The molecule has 3 heterocycles. The number of nitrogens with zero attached hydrogens (tertiary/aromatic N) is 1. The first kappa shape index (κ1) is 48.2. The van der Waals surface area contributed by atoms with Gasteiger partial charge in [-0.05, 0) is 37.7 Å².